The summed E-state index contributed by atoms with van der Waals surface area (Å²) in [6.07, 6.45) is 2.68. The topological polar surface area (TPSA) is 92.7 Å². The number of nitrogens with one attached hydrogen (secondary N) is 1. The lowest BCUT2D eigenvalue weighted by molar-refractivity contribution is -0.142. The minimum atomic E-state index is -0.874. The number of rotatable bonds is 9. The van der Waals surface area contributed by atoms with E-state index in [-0.39, 0.29) is 24.3 Å². The molecule has 0 radical (unpaired) electrons. The second-order valence-electron chi connectivity index (χ2n) is 5.30. The first kappa shape index (κ1) is 18.7. The fourth-order valence-electron chi connectivity index (χ4n) is 2.24. The number of aliphatic carboxylic acids is 1. The number of ether oxygens (including phenoxy) is 1. The third-order valence-electron chi connectivity index (χ3n) is 3.58. The molecule has 0 saturated heterocycles. The van der Waals surface area contributed by atoms with E-state index in [1.807, 2.05) is 6.92 Å². The normalized spacial score (nSPS) is 11.6. The molecular weight excluding hydrogens is 298 g/mol. The molecular formula is C17H23NO5. The largest absolute Gasteiger partial charge is 0.481 e. The minimum absolute atomic E-state index is 0.0934. The van der Waals surface area contributed by atoms with Crippen molar-refractivity contribution in [2.24, 2.45) is 5.92 Å². The molecule has 126 valence electrons. The van der Waals surface area contributed by atoms with Crippen LogP contribution in [0.5, 0.6) is 0 Å². The Kier molecular flexibility index (Phi) is 7.80. The van der Waals surface area contributed by atoms with Crippen LogP contribution in [-0.4, -0.2) is 30.1 Å². The van der Waals surface area contributed by atoms with Crippen LogP contribution in [0.1, 0.15) is 49.4 Å². The lowest BCUT2D eigenvalue weighted by Gasteiger charge is -2.13. The van der Waals surface area contributed by atoms with Crippen molar-refractivity contribution in [3.63, 3.8) is 0 Å². The standard InChI is InChI=1S/C17H23NO5/c1-3-4-7-12(16(20)21)10-11-15(19)18-14-9-6-5-8-13(14)17(22)23-2/h5-6,8-9,12H,3-4,7,10-11H2,1-2H3,(H,18,19)(H,20,21). The minimum Gasteiger partial charge on any atom is -0.481 e. The van der Waals surface area contributed by atoms with Gasteiger partial charge < -0.3 is 15.2 Å². The zero-order valence-electron chi connectivity index (χ0n) is 13.5. The van der Waals surface area contributed by atoms with Gasteiger partial charge in [-0.3, -0.25) is 9.59 Å². The van der Waals surface area contributed by atoms with Crippen molar-refractivity contribution in [1.29, 1.82) is 0 Å². The molecule has 1 atom stereocenters. The first-order valence-electron chi connectivity index (χ1n) is 7.69. The molecule has 0 aliphatic heterocycles. The molecule has 0 aliphatic carbocycles. The van der Waals surface area contributed by atoms with Gasteiger partial charge in [0.2, 0.25) is 5.91 Å². The van der Waals surface area contributed by atoms with Crippen molar-refractivity contribution < 1.29 is 24.2 Å². The van der Waals surface area contributed by atoms with Gasteiger partial charge in [-0.1, -0.05) is 31.9 Å². The second-order valence-corrected chi connectivity index (χ2v) is 5.30. The molecule has 0 saturated carbocycles. The molecule has 6 heteroatoms. The van der Waals surface area contributed by atoms with E-state index in [1.54, 1.807) is 24.3 Å². The average Bonchev–Trinajstić information content (AvgIpc) is 2.54. The molecule has 0 aromatic heterocycles. The highest BCUT2D eigenvalue weighted by Gasteiger charge is 2.19. The number of unbranched alkanes of at least 4 members (excludes halogenated alkanes) is 1. The monoisotopic (exact) mass is 321 g/mol. The van der Waals surface area contributed by atoms with Crippen LogP contribution in [0.2, 0.25) is 0 Å². The quantitative estimate of drug-likeness (QED) is 0.682. The third-order valence-corrected chi connectivity index (χ3v) is 3.58. The van der Waals surface area contributed by atoms with Gasteiger partial charge in [0.15, 0.2) is 0 Å². The highest BCUT2D eigenvalue weighted by Crippen LogP contribution is 2.19. The Labute approximate surface area is 135 Å². The van der Waals surface area contributed by atoms with Gasteiger partial charge in [0.1, 0.15) is 0 Å². The predicted molar refractivity (Wildman–Crippen MR) is 86.3 cm³/mol. The van der Waals surface area contributed by atoms with E-state index in [2.05, 4.69) is 10.1 Å². The lowest BCUT2D eigenvalue weighted by Crippen LogP contribution is -2.19. The van der Waals surface area contributed by atoms with Crippen LogP contribution in [0.4, 0.5) is 5.69 Å². The molecule has 2 N–H and O–H groups in total. The number of carboxylic acid groups (broad SMARTS) is 1. The van der Waals surface area contributed by atoms with Gasteiger partial charge in [0.05, 0.1) is 24.3 Å². The van der Waals surface area contributed by atoms with Crippen LogP contribution < -0.4 is 5.32 Å². The van der Waals surface area contributed by atoms with Crippen molar-refractivity contribution in [2.45, 2.75) is 39.0 Å². The number of carbonyl (C=O) groups excluding carboxylic acids is 2. The van der Waals surface area contributed by atoms with Crippen LogP contribution >= 0.6 is 0 Å². The summed E-state index contributed by atoms with van der Waals surface area (Å²) in [7, 11) is 1.27. The first-order valence-corrected chi connectivity index (χ1v) is 7.69. The van der Waals surface area contributed by atoms with E-state index >= 15 is 0 Å². The number of carbonyl (C=O) groups is 3. The molecule has 0 spiro atoms. The fraction of sp³-hybridized carbons (Fsp3) is 0.471. The van der Waals surface area contributed by atoms with Gasteiger partial charge >= 0.3 is 11.9 Å². The molecule has 1 unspecified atom stereocenters. The number of benzene rings is 1. The molecule has 0 aliphatic rings. The highest BCUT2D eigenvalue weighted by atomic mass is 16.5. The summed E-state index contributed by atoms with van der Waals surface area (Å²) in [6, 6.07) is 6.54. The van der Waals surface area contributed by atoms with Gasteiger partial charge in [0, 0.05) is 6.42 Å². The zero-order chi connectivity index (χ0) is 17.2. The van der Waals surface area contributed by atoms with Crippen molar-refractivity contribution in [3.05, 3.63) is 29.8 Å². The Hall–Kier alpha value is -2.37. The van der Waals surface area contributed by atoms with Crippen LogP contribution in [0, 0.1) is 5.92 Å². The molecule has 1 rings (SSSR count). The van der Waals surface area contributed by atoms with Crippen LogP contribution in [0.25, 0.3) is 0 Å². The fourth-order valence-corrected chi connectivity index (χ4v) is 2.24. The molecule has 0 fully saturated rings. The van der Waals surface area contributed by atoms with Crippen molar-refractivity contribution in [3.8, 4) is 0 Å². The summed E-state index contributed by atoms with van der Waals surface area (Å²) in [6.45, 7) is 2.00. The number of para-hydroxylation sites is 1. The van der Waals surface area contributed by atoms with E-state index < -0.39 is 17.9 Å². The summed E-state index contributed by atoms with van der Waals surface area (Å²) in [5.41, 5.74) is 0.633. The molecule has 1 aromatic carbocycles. The van der Waals surface area contributed by atoms with E-state index in [0.717, 1.165) is 12.8 Å². The summed E-state index contributed by atoms with van der Waals surface area (Å²) >= 11 is 0. The van der Waals surface area contributed by atoms with Gasteiger partial charge in [-0.05, 0) is 25.0 Å². The number of carboxylic acids is 1. The maximum atomic E-state index is 12.0. The number of hydrogen-bond donors (Lipinski definition) is 2. The first-order chi connectivity index (χ1) is 11.0. The van der Waals surface area contributed by atoms with Crippen LogP contribution in [0.3, 0.4) is 0 Å². The average molecular weight is 321 g/mol. The Morgan fingerprint density at radius 3 is 2.52 bits per heavy atom. The van der Waals surface area contributed by atoms with E-state index in [9.17, 15) is 14.4 Å². The molecule has 1 amide bonds. The number of hydrogen-bond acceptors (Lipinski definition) is 4. The lowest BCUT2D eigenvalue weighted by atomic mass is 9.97. The van der Waals surface area contributed by atoms with E-state index in [1.165, 1.54) is 7.11 Å². The van der Waals surface area contributed by atoms with Crippen LogP contribution in [-0.2, 0) is 14.3 Å². The second kappa shape index (κ2) is 9.61. The van der Waals surface area contributed by atoms with E-state index in [4.69, 9.17) is 5.11 Å². The maximum absolute atomic E-state index is 12.0. The van der Waals surface area contributed by atoms with Crippen molar-refractivity contribution in [1.82, 2.24) is 0 Å². The zero-order valence-corrected chi connectivity index (χ0v) is 13.5. The number of amides is 1. The Morgan fingerprint density at radius 1 is 1.22 bits per heavy atom. The van der Waals surface area contributed by atoms with Gasteiger partial charge in [-0.25, -0.2) is 4.79 Å². The number of esters is 1. The predicted octanol–water partition coefficient (Wildman–Crippen LogP) is 3.08. The molecule has 0 heterocycles. The number of methoxy groups -OCH3 is 1. The Bertz CT molecular complexity index is 556. The highest BCUT2D eigenvalue weighted by molar-refractivity contribution is 6.01. The molecule has 0 bridgehead atoms. The maximum Gasteiger partial charge on any atom is 0.339 e. The van der Waals surface area contributed by atoms with Crippen LogP contribution in [0.15, 0.2) is 24.3 Å². The summed E-state index contributed by atoms with van der Waals surface area (Å²) < 4.78 is 4.66. The SMILES string of the molecule is CCCCC(CCC(=O)Nc1ccccc1C(=O)OC)C(=O)O. The molecule has 1 aromatic rings. The summed E-state index contributed by atoms with van der Waals surface area (Å²) in [5.74, 6) is -2.24. The third kappa shape index (κ3) is 6.10. The van der Waals surface area contributed by atoms with E-state index in [0.29, 0.717) is 12.1 Å². The van der Waals surface area contributed by atoms with Gasteiger partial charge in [-0.15, -0.1) is 0 Å². The van der Waals surface area contributed by atoms with Gasteiger partial charge in [-0.2, -0.15) is 0 Å². The molecule has 23 heavy (non-hydrogen) atoms. The molecule has 6 nitrogen and oxygen atoms in total. The van der Waals surface area contributed by atoms with Crippen molar-refractivity contribution in [2.75, 3.05) is 12.4 Å². The number of anilines is 1. The Balaban J connectivity index is 2.63. The summed E-state index contributed by atoms with van der Waals surface area (Å²) in [4.78, 5) is 34.8. The smallest absolute Gasteiger partial charge is 0.339 e. The Morgan fingerprint density at radius 2 is 1.91 bits per heavy atom. The summed E-state index contributed by atoms with van der Waals surface area (Å²) in [5, 5.41) is 11.8. The van der Waals surface area contributed by atoms with Crippen molar-refractivity contribution >= 4 is 23.5 Å². The van der Waals surface area contributed by atoms with Gasteiger partial charge in [0.25, 0.3) is 0 Å².